The van der Waals surface area contributed by atoms with Gasteiger partial charge in [-0.25, -0.2) is 9.97 Å². The normalized spacial score (nSPS) is 19.5. The number of aliphatic hydroxyl groups excluding tert-OH is 1. The molecule has 1 saturated heterocycles. The van der Waals surface area contributed by atoms with E-state index in [0.717, 1.165) is 30.6 Å². The molecule has 3 heterocycles. The summed E-state index contributed by atoms with van der Waals surface area (Å²) in [6.07, 6.45) is 2.39. The van der Waals surface area contributed by atoms with Gasteiger partial charge < -0.3 is 20.1 Å². The van der Waals surface area contributed by atoms with Gasteiger partial charge in [-0.05, 0) is 19.3 Å². The molecule has 7 nitrogen and oxygen atoms in total. The second-order valence-electron chi connectivity index (χ2n) is 7.52. The van der Waals surface area contributed by atoms with E-state index in [1.165, 1.54) is 0 Å². The van der Waals surface area contributed by atoms with E-state index < -0.39 is 0 Å². The maximum absolute atomic E-state index is 12.3. The van der Waals surface area contributed by atoms with E-state index >= 15 is 0 Å². The Labute approximate surface area is 148 Å². The standard InChI is InChI=1S/C18H28N4O3/c1-12(2)15-20-14-13(4-7-19-17(14)24)16(21-15)22(3)10-18(11-23)5-8-25-9-6-18/h12,23H,4-11H2,1-3H3,(H,19,24). The van der Waals surface area contributed by atoms with Crippen LogP contribution >= 0.6 is 0 Å². The van der Waals surface area contributed by atoms with Crippen molar-refractivity contribution < 1.29 is 14.6 Å². The molecular weight excluding hydrogens is 320 g/mol. The Morgan fingerprint density at radius 3 is 2.68 bits per heavy atom. The van der Waals surface area contributed by atoms with Crippen LogP contribution in [0, 0.1) is 5.41 Å². The quantitative estimate of drug-likeness (QED) is 0.829. The number of aliphatic hydroxyl groups is 1. The number of aromatic nitrogens is 2. The summed E-state index contributed by atoms with van der Waals surface area (Å²) >= 11 is 0. The third kappa shape index (κ3) is 3.62. The van der Waals surface area contributed by atoms with Gasteiger partial charge in [-0.1, -0.05) is 13.8 Å². The van der Waals surface area contributed by atoms with Gasteiger partial charge in [-0.2, -0.15) is 0 Å². The van der Waals surface area contributed by atoms with Gasteiger partial charge in [-0.15, -0.1) is 0 Å². The first kappa shape index (κ1) is 18.1. The van der Waals surface area contributed by atoms with Gasteiger partial charge in [0.25, 0.3) is 5.91 Å². The fourth-order valence-corrected chi connectivity index (χ4v) is 3.61. The number of hydrogen-bond acceptors (Lipinski definition) is 6. The summed E-state index contributed by atoms with van der Waals surface area (Å²) in [7, 11) is 1.99. The summed E-state index contributed by atoms with van der Waals surface area (Å²) in [5.41, 5.74) is 1.23. The van der Waals surface area contributed by atoms with Crippen molar-refractivity contribution in [2.75, 3.05) is 44.9 Å². The van der Waals surface area contributed by atoms with Crippen molar-refractivity contribution in [1.29, 1.82) is 0 Å². The summed E-state index contributed by atoms with van der Waals surface area (Å²) in [5.74, 6) is 1.52. The van der Waals surface area contributed by atoms with E-state index in [0.29, 0.717) is 37.8 Å². The second-order valence-corrected chi connectivity index (χ2v) is 7.52. The molecule has 25 heavy (non-hydrogen) atoms. The van der Waals surface area contributed by atoms with E-state index in [2.05, 4.69) is 15.2 Å². The zero-order valence-electron chi connectivity index (χ0n) is 15.3. The van der Waals surface area contributed by atoms with Crippen molar-refractivity contribution in [3.8, 4) is 0 Å². The number of anilines is 1. The number of ether oxygens (including phenoxy) is 1. The molecule has 0 radical (unpaired) electrons. The van der Waals surface area contributed by atoms with Crippen molar-refractivity contribution in [2.24, 2.45) is 5.41 Å². The molecule has 2 N–H and O–H groups in total. The van der Waals surface area contributed by atoms with Crippen LogP contribution in [0.5, 0.6) is 0 Å². The predicted octanol–water partition coefficient (Wildman–Crippen LogP) is 1.11. The lowest BCUT2D eigenvalue weighted by atomic mass is 9.80. The Bertz CT molecular complexity index is 641. The van der Waals surface area contributed by atoms with Gasteiger partial charge in [-0.3, -0.25) is 4.79 Å². The average molecular weight is 348 g/mol. The van der Waals surface area contributed by atoms with Crippen molar-refractivity contribution in [2.45, 2.75) is 39.0 Å². The molecule has 1 aromatic heterocycles. The molecule has 0 aliphatic carbocycles. The highest BCUT2D eigenvalue weighted by atomic mass is 16.5. The van der Waals surface area contributed by atoms with Crippen LogP contribution in [0.2, 0.25) is 0 Å². The third-order valence-electron chi connectivity index (χ3n) is 5.22. The van der Waals surface area contributed by atoms with Crippen molar-refractivity contribution in [1.82, 2.24) is 15.3 Å². The highest BCUT2D eigenvalue weighted by Gasteiger charge is 2.35. The van der Waals surface area contributed by atoms with E-state index in [9.17, 15) is 9.90 Å². The summed E-state index contributed by atoms with van der Waals surface area (Å²) < 4.78 is 5.46. The molecule has 0 saturated carbocycles. The Balaban J connectivity index is 1.95. The highest BCUT2D eigenvalue weighted by molar-refractivity contribution is 5.96. The lowest BCUT2D eigenvalue weighted by Gasteiger charge is -2.39. The topological polar surface area (TPSA) is 87.6 Å². The van der Waals surface area contributed by atoms with Crippen LogP contribution in [-0.2, 0) is 11.2 Å². The fourth-order valence-electron chi connectivity index (χ4n) is 3.61. The van der Waals surface area contributed by atoms with E-state index in [1.54, 1.807) is 0 Å². The van der Waals surface area contributed by atoms with Crippen LogP contribution in [0.3, 0.4) is 0 Å². The molecule has 138 valence electrons. The van der Waals surface area contributed by atoms with Crippen LogP contribution in [0.1, 0.15) is 54.5 Å². The van der Waals surface area contributed by atoms with E-state index in [1.807, 2.05) is 20.9 Å². The van der Waals surface area contributed by atoms with Gasteiger partial charge >= 0.3 is 0 Å². The highest BCUT2D eigenvalue weighted by Crippen LogP contribution is 2.33. The molecule has 3 rings (SSSR count). The second kappa shape index (κ2) is 7.25. The number of nitrogens with zero attached hydrogens (tertiary/aromatic N) is 3. The van der Waals surface area contributed by atoms with Crippen LogP contribution in [-0.4, -0.2) is 60.9 Å². The smallest absolute Gasteiger partial charge is 0.270 e. The zero-order valence-corrected chi connectivity index (χ0v) is 15.3. The van der Waals surface area contributed by atoms with Gasteiger partial charge in [0.05, 0.1) is 6.61 Å². The maximum atomic E-state index is 12.3. The number of nitrogens with one attached hydrogen (secondary N) is 1. The molecule has 7 heteroatoms. The molecule has 0 bridgehead atoms. The number of rotatable bonds is 5. The molecule has 1 fully saturated rings. The Kier molecular flexibility index (Phi) is 5.24. The summed E-state index contributed by atoms with van der Waals surface area (Å²) in [6, 6.07) is 0. The predicted molar refractivity (Wildman–Crippen MR) is 95.0 cm³/mol. The Morgan fingerprint density at radius 2 is 2.04 bits per heavy atom. The van der Waals surface area contributed by atoms with Crippen LogP contribution in [0.15, 0.2) is 0 Å². The van der Waals surface area contributed by atoms with Gasteiger partial charge in [0.15, 0.2) is 0 Å². The van der Waals surface area contributed by atoms with Crippen LogP contribution < -0.4 is 10.2 Å². The molecule has 0 spiro atoms. The molecule has 1 aromatic rings. The molecule has 0 unspecified atom stereocenters. The lowest BCUT2D eigenvalue weighted by molar-refractivity contribution is -0.0113. The summed E-state index contributed by atoms with van der Waals surface area (Å²) in [4.78, 5) is 23.6. The molecule has 2 aliphatic rings. The van der Waals surface area contributed by atoms with E-state index in [-0.39, 0.29) is 23.8 Å². The molecular formula is C18H28N4O3. The lowest BCUT2D eigenvalue weighted by Crippen LogP contribution is -2.44. The minimum Gasteiger partial charge on any atom is -0.396 e. The largest absolute Gasteiger partial charge is 0.396 e. The first-order chi connectivity index (χ1) is 12.0. The molecule has 0 aromatic carbocycles. The number of carbonyl (C=O) groups excluding carboxylic acids is 1. The van der Waals surface area contributed by atoms with Crippen LogP contribution in [0.25, 0.3) is 0 Å². The molecule has 2 aliphatic heterocycles. The third-order valence-corrected chi connectivity index (χ3v) is 5.22. The van der Waals surface area contributed by atoms with Gasteiger partial charge in [0, 0.05) is 50.2 Å². The summed E-state index contributed by atoms with van der Waals surface area (Å²) in [5, 5.41) is 12.8. The minimum atomic E-state index is -0.181. The molecule has 0 atom stereocenters. The van der Waals surface area contributed by atoms with Gasteiger partial charge in [0.2, 0.25) is 0 Å². The minimum absolute atomic E-state index is 0.122. The van der Waals surface area contributed by atoms with Gasteiger partial charge in [0.1, 0.15) is 17.3 Å². The fraction of sp³-hybridized carbons (Fsp3) is 0.722. The maximum Gasteiger partial charge on any atom is 0.270 e. The monoisotopic (exact) mass is 348 g/mol. The number of fused-ring (bicyclic) bond motifs is 1. The van der Waals surface area contributed by atoms with Crippen molar-refractivity contribution in [3.63, 3.8) is 0 Å². The number of hydrogen-bond donors (Lipinski definition) is 2. The SMILES string of the molecule is CC(C)c1nc2c(c(N(C)CC3(CO)CCOCC3)n1)CCNC2=O. The number of carbonyl (C=O) groups is 1. The first-order valence-electron chi connectivity index (χ1n) is 9.04. The van der Waals surface area contributed by atoms with Crippen LogP contribution in [0.4, 0.5) is 5.82 Å². The number of amides is 1. The summed E-state index contributed by atoms with van der Waals surface area (Å²) in [6.45, 7) is 6.84. The van der Waals surface area contributed by atoms with Crippen molar-refractivity contribution >= 4 is 11.7 Å². The Hall–Kier alpha value is -1.73. The molecule has 1 amide bonds. The average Bonchev–Trinajstić information content (AvgIpc) is 2.62. The van der Waals surface area contributed by atoms with E-state index in [4.69, 9.17) is 9.72 Å². The zero-order chi connectivity index (χ0) is 18.0. The first-order valence-corrected chi connectivity index (χ1v) is 9.04. The Morgan fingerprint density at radius 1 is 1.32 bits per heavy atom. The van der Waals surface area contributed by atoms with Crippen molar-refractivity contribution in [3.05, 3.63) is 17.1 Å².